The zero-order chi connectivity index (χ0) is 17.1. The zero-order valence-corrected chi connectivity index (χ0v) is 12.6. The maximum Gasteiger partial charge on any atom is 0.298 e. The molecule has 0 spiro atoms. The number of aromatic amines is 1. The van der Waals surface area contributed by atoms with Crippen LogP contribution in [0.4, 0.5) is 5.69 Å². The molecule has 0 aliphatic rings. The Morgan fingerprint density at radius 2 is 1.67 bits per heavy atom. The molecule has 24 heavy (non-hydrogen) atoms. The molecule has 0 saturated carbocycles. The molecule has 0 radical (unpaired) electrons. The van der Waals surface area contributed by atoms with Gasteiger partial charge in [0, 0.05) is 5.39 Å². The number of rotatable bonds is 3. The van der Waals surface area contributed by atoms with Gasteiger partial charge in [0.15, 0.2) is 5.75 Å². The Labute approximate surface area is 136 Å². The van der Waals surface area contributed by atoms with E-state index in [1.807, 2.05) is 6.07 Å². The fraction of sp³-hybridized carbons (Fsp3) is 0.0556. The number of carbonyl (C=O) groups excluding carboxylic acids is 1. The molecule has 0 atom stereocenters. The number of benzene rings is 2. The smallest absolute Gasteiger partial charge is 0.298 e. The van der Waals surface area contributed by atoms with E-state index in [2.05, 4.69) is 10.3 Å². The lowest BCUT2D eigenvalue weighted by Gasteiger charge is -2.05. The summed E-state index contributed by atoms with van der Waals surface area (Å²) in [7, 11) is 0. The van der Waals surface area contributed by atoms with Gasteiger partial charge in [-0.2, -0.15) is 0 Å². The molecule has 3 rings (SSSR count). The van der Waals surface area contributed by atoms with Gasteiger partial charge >= 0.3 is 0 Å². The van der Waals surface area contributed by atoms with E-state index >= 15 is 0 Å². The second-order valence-corrected chi connectivity index (χ2v) is 5.26. The lowest BCUT2D eigenvalue weighted by Crippen LogP contribution is -2.28. The van der Waals surface area contributed by atoms with Crippen LogP contribution in [0.25, 0.3) is 10.9 Å². The maximum absolute atomic E-state index is 12.2. The third kappa shape index (κ3) is 3.03. The number of aromatic hydroxyl groups is 1. The van der Waals surface area contributed by atoms with Crippen LogP contribution in [0.15, 0.2) is 64.2 Å². The van der Waals surface area contributed by atoms with Crippen LogP contribution in [0.2, 0.25) is 0 Å². The molecule has 120 valence electrons. The number of hydrogen-bond donors (Lipinski definition) is 3. The van der Waals surface area contributed by atoms with Crippen molar-refractivity contribution >= 4 is 22.5 Å². The molecule has 0 aliphatic carbocycles. The van der Waals surface area contributed by atoms with Crippen molar-refractivity contribution in [3.63, 3.8) is 0 Å². The van der Waals surface area contributed by atoms with Crippen LogP contribution in [0.3, 0.4) is 0 Å². The first-order valence-corrected chi connectivity index (χ1v) is 7.28. The van der Waals surface area contributed by atoms with Gasteiger partial charge in [0.25, 0.3) is 11.0 Å². The van der Waals surface area contributed by atoms with Crippen molar-refractivity contribution in [2.24, 2.45) is 0 Å². The Morgan fingerprint density at radius 1 is 1.00 bits per heavy atom. The summed E-state index contributed by atoms with van der Waals surface area (Å²) in [6.07, 6.45) is 0.0220. The summed E-state index contributed by atoms with van der Waals surface area (Å²) in [4.78, 5) is 38.7. The van der Waals surface area contributed by atoms with Crippen LogP contribution < -0.4 is 16.3 Å². The summed E-state index contributed by atoms with van der Waals surface area (Å²) in [6.45, 7) is 0. The zero-order valence-electron chi connectivity index (χ0n) is 12.6. The van der Waals surface area contributed by atoms with Gasteiger partial charge < -0.3 is 15.4 Å². The molecule has 6 nitrogen and oxygen atoms in total. The first kappa shape index (κ1) is 15.5. The van der Waals surface area contributed by atoms with Crippen molar-refractivity contribution in [1.82, 2.24) is 4.98 Å². The van der Waals surface area contributed by atoms with E-state index in [-0.39, 0.29) is 11.8 Å². The predicted molar refractivity (Wildman–Crippen MR) is 91.3 cm³/mol. The van der Waals surface area contributed by atoms with Crippen molar-refractivity contribution in [3.8, 4) is 5.75 Å². The number of amides is 1. The van der Waals surface area contributed by atoms with Crippen LogP contribution in [-0.4, -0.2) is 16.0 Å². The van der Waals surface area contributed by atoms with Gasteiger partial charge in [-0.25, -0.2) is 0 Å². The van der Waals surface area contributed by atoms with Crippen molar-refractivity contribution < 1.29 is 9.90 Å². The van der Waals surface area contributed by atoms with E-state index in [4.69, 9.17) is 0 Å². The Hall–Kier alpha value is -3.41. The molecule has 3 N–H and O–H groups in total. The van der Waals surface area contributed by atoms with Gasteiger partial charge in [0.05, 0.1) is 11.9 Å². The minimum Gasteiger partial charge on any atom is -0.505 e. The molecule has 0 aliphatic heterocycles. The summed E-state index contributed by atoms with van der Waals surface area (Å²) in [5, 5.41) is 13.0. The second kappa shape index (κ2) is 6.37. The van der Waals surface area contributed by atoms with E-state index in [9.17, 15) is 19.5 Å². The highest BCUT2D eigenvalue weighted by Crippen LogP contribution is 2.26. The third-order valence-electron chi connectivity index (χ3n) is 3.57. The molecular formula is C18H14N2O4. The van der Waals surface area contributed by atoms with Crippen LogP contribution in [0.1, 0.15) is 5.56 Å². The van der Waals surface area contributed by atoms with Gasteiger partial charge in [0.2, 0.25) is 5.91 Å². The predicted octanol–water partition coefficient (Wildman–Crippen LogP) is 1.78. The largest absolute Gasteiger partial charge is 0.505 e. The molecule has 3 aromatic rings. The van der Waals surface area contributed by atoms with Crippen LogP contribution in [0, 0.1) is 0 Å². The van der Waals surface area contributed by atoms with Gasteiger partial charge in [-0.1, -0.05) is 42.5 Å². The molecule has 1 heterocycles. The lowest BCUT2D eigenvalue weighted by atomic mass is 10.1. The van der Waals surface area contributed by atoms with Crippen LogP contribution >= 0.6 is 0 Å². The minimum absolute atomic E-state index is 0.0220. The van der Waals surface area contributed by atoms with Gasteiger partial charge in [0.1, 0.15) is 5.69 Å². The molecule has 0 unspecified atom stereocenters. The number of fused-ring (bicyclic) bond motifs is 1. The van der Waals surface area contributed by atoms with E-state index in [0.717, 1.165) is 5.56 Å². The first-order valence-electron chi connectivity index (χ1n) is 7.28. The average molecular weight is 322 g/mol. The van der Waals surface area contributed by atoms with Crippen molar-refractivity contribution in [2.75, 3.05) is 5.32 Å². The van der Waals surface area contributed by atoms with Gasteiger partial charge in [-0.05, 0) is 17.7 Å². The maximum atomic E-state index is 12.2. The summed E-state index contributed by atoms with van der Waals surface area (Å²) in [5.74, 6) is -0.932. The first-order chi connectivity index (χ1) is 11.6. The SMILES string of the molecule is O=C(Cc1ccccc1)Nc1c(O)c2ccccc2[nH]c(=O)c1=O. The molecular weight excluding hydrogens is 308 g/mol. The quantitative estimate of drug-likeness (QED) is 0.640. The molecule has 1 amide bonds. The minimum atomic E-state index is -0.995. The summed E-state index contributed by atoms with van der Waals surface area (Å²) in [6, 6.07) is 15.4. The van der Waals surface area contributed by atoms with E-state index in [0.29, 0.717) is 5.52 Å². The average Bonchev–Trinajstić information content (AvgIpc) is 2.67. The fourth-order valence-electron chi connectivity index (χ4n) is 2.41. The van der Waals surface area contributed by atoms with Crippen molar-refractivity contribution in [1.29, 1.82) is 0 Å². The monoisotopic (exact) mass is 322 g/mol. The molecule has 0 saturated heterocycles. The van der Waals surface area contributed by atoms with Gasteiger partial charge in [-0.3, -0.25) is 14.4 Å². The summed E-state index contributed by atoms with van der Waals surface area (Å²) in [5.41, 5.74) is -1.27. The third-order valence-corrected chi connectivity index (χ3v) is 3.57. The molecule has 2 aromatic carbocycles. The number of H-pyrrole nitrogens is 1. The number of aromatic nitrogens is 1. The van der Waals surface area contributed by atoms with E-state index in [1.165, 1.54) is 0 Å². The lowest BCUT2D eigenvalue weighted by molar-refractivity contribution is -0.115. The Morgan fingerprint density at radius 3 is 2.42 bits per heavy atom. The van der Waals surface area contributed by atoms with Crippen molar-refractivity contribution in [3.05, 3.63) is 80.7 Å². The fourth-order valence-corrected chi connectivity index (χ4v) is 2.41. The summed E-state index contributed by atoms with van der Waals surface area (Å²) < 4.78 is 0. The number of para-hydroxylation sites is 1. The Balaban J connectivity index is 2.05. The topological polar surface area (TPSA) is 99.3 Å². The number of anilines is 1. The number of hydrogen-bond acceptors (Lipinski definition) is 4. The molecule has 0 fully saturated rings. The summed E-state index contributed by atoms with van der Waals surface area (Å²) >= 11 is 0. The molecule has 6 heteroatoms. The highest BCUT2D eigenvalue weighted by atomic mass is 16.3. The van der Waals surface area contributed by atoms with E-state index < -0.39 is 28.3 Å². The van der Waals surface area contributed by atoms with Crippen molar-refractivity contribution in [2.45, 2.75) is 6.42 Å². The van der Waals surface area contributed by atoms with Crippen LogP contribution in [0.5, 0.6) is 5.75 Å². The highest BCUT2D eigenvalue weighted by Gasteiger charge is 2.15. The van der Waals surface area contributed by atoms with E-state index in [1.54, 1.807) is 48.5 Å². The normalized spacial score (nSPS) is 10.5. The number of carbonyl (C=O) groups is 1. The van der Waals surface area contributed by atoms with Crippen LogP contribution in [-0.2, 0) is 11.2 Å². The second-order valence-electron chi connectivity index (χ2n) is 5.26. The molecule has 0 bridgehead atoms. The standard InChI is InChI=1S/C18H14N2O4/c21-14(10-11-6-2-1-3-7-11)20-15-16(22)12-8-4-5-9-13(12)19-18(24)17(15)23/h1-9H,10H2,(H3,19,20,21,22,23,24). The molecule has 1 aromatic heterocycles. The highest BCUT2D eigenvalue weighted by molar-refractivity contribution is 5.97. The number of nitrogens with one attached hydrogen (secondary N) is 2. The Kier molecular flexibility index (Phi) is 4.11. The Bertz CT molecular complexity index is 1030. The van der Waals surface area contributed by atoms with Gasteiger partial charge in [-0.15, -0.1) is 0 Å².